The number of carbonyl (C=O) groups excluding carboxylic acids is 2. The monoisotopic (exact) mass is 659 g/mol. The molecule has 0 saturated carbocycles. The Morgan fingerprint density at radius 3 is 2.29 bits per heavy atom. The molecule has 9 nitrogen and oxygen atoms in total. The summed E-state index contributed by atoms with van der Waals surface area (Å²) >= 11 is 1.09. The number of aliphatic hydroxyl groups excluding tert-OH is 1. The number of benzene rings is 3. The van der Waals surface area contributed by atoms with Crippen LogP contribution in [0.5, 0.6) is 10.9 Å². The number of ether oxygens (including phenoxy) is 1. The molecule has 5 rings (SSSR count). The van der Waals surface area contributed by atoms with E-state index in [1.54, 1.807) is 48.2 Å². The summed E-state index contributed by atoms with van der Waals surface area (Å²) in [5, 5.41) is 13.3. The highest BCUT2D eigenvalue weighted by molar-refractivity contribution is 7.91. The first-order valence-electron chi connectivity index (χ1n) is 13.9. The number of nitrogens with one attached hydrogen (secondary N) is 1. The zero-order chi connectivity index (χ0) is 32.4. The van der Waals surface area contributed by atoms with Crippen LogP contribution in [-0.2, 0) is 20.8 Å². The van der Waals surface area contributed by atoms with E-state index in [9.17, 15) is 36.3 Å². The van der Waals surface area contributed by atoms with Crippen LogP contribution >= 0.6 is 11.3 Å². The molecule has 4 aromatic rings. The van der Waals surface area contributed by atoms with Crippen molar-refractivity contribution in [1.29, 1.82) is 0 Å². The highest BCUT2D eigenvalue weighted by Crippen LogP contribution is 2.43. The molecule has 0 unspecified atom stereocenters. The van der Waals surface area contributed by atoms with Gasteiger partial charge in [-0.25, -0.2) is 13.4 Å². The summed E-state index contributed by atoms with van der Waals surface area (Å²) in [6, 6.07) is 15.8. The minimum absolute atomic E-state index is 0.0489. The lowest BCUT2D eigenvalue weighted by Crippen LogP contribution is -2.30. The highest BCUT2D eigenvalue weighted by Gasteiger charge is 2.31. The third-order valence-electron chi connectivity index (χ3n) is 7.23. The van der Waals surface area contributed by atoms with Crippen molar-refractivity contribution in [2.75, 3.05) is 23.8 Å². The van der Waals surface area contributed by atoms with Crippen LogP contribution in [0.1, 0.15) is 47.3 Å². The maximum atomic E-state index is 13.0. The number of carbonyl (C=O) groups is 2. The smallest absolute Gasteiger partial charge is 0.416 e. The maximum Gasteiger partial charge on any atom is 0.416 e. The van der Waals surface area contributed by atoms with E-state index >= 15 is 0 Å². The van der Waals surface area contributed by atoms with Gasteiger partial charge < -0.3 is 20.1 Å². The Morgan fingerprint density at radius 2 is 1.73 bits per heavy atom. The van der Waals surface area contributed by atoms with Crippen LogP contribution in [0.15, 0.2) is 77.7 Å². The molecule has 1 fully saturated rings. The van der Waals surface area contributed by atoms with Crippen molar-refractivity contribution in [3.63, 3.8) is 0 Å². The van der Waals surface area contributed by atoms with Crippen molar-refractivity contribution in [2.24, 2.45) is 0 Å². The predicted octanol–water partition coefficient (Wildman–Crippen LogP) is 6.01. The normalized spacial score (nSPS) is 14.4. The van der Waals surface area contributed by atoms with E-state index in [1.807, 2.05) is 0 Å². The molecule has 1 aliphatic heterocycles. The Kier molecular flexibility index (Phi) is 9.28. The first-order chi connectivity index (χ1) is 21.4. The lowest BCUT2D eigenvalue weighted by molar-refractivity contribution is -0.137. The van der Waals surface area contributed by atoms with Gasteiger partial charge in [0.2, 0.25) is 5.91 Å². The van der Waals surface area contributed by atoms with Gasteiger partial charge >= 0.3 is 6.18 Å². The summed E-state index contributed by atoms with van der Waals surface area (Å²) in [6.07, 6.45) is -3.45. The first kappa shape index (κ1) is 32.1. The van der Waals surface area contributed by atoms with E-state index in [4.69, 9.17) is 4.74 Å². The molecule has 14 heteroatoms. The second-order valence-electron chi connectivity index (χ2n) is 10.2. The molecule has 0 bridgehead atoms. The quantitative estimate of drug-likeness (QED) is 0.214. The number of aliphatic hydroxyl groups is 1. The number of sulfone groups is 1. The predicted molar refractivity (Wildman–Crippen MR) is 162 cm³/mol. The molecule has 2 amide bonds. The lowest BCUT2D eigenvalue weighted by atomic mass is 10.1. The summed E-state index contributed by atoms with van der Waals surface area (Å²) in [7, 11) is -3.39. The second-order valence-corrected chi connectivity index (χ2v) is 13.4. The molecule has 3 aromatic carbocycles. The van der Waals surface area contributed by atoms with Gasteiger partial charge in [-0.05, 0) is 60.5 Å². The Labute approximate surface area is 261 Å². The molecular weight excluding hydrogens is 631 g/mol. The summed E-state index contributed by atoms with van der Waals surface area (Å²) in [5.74, 6) is -0.473. The Bertz CT molecular complexity index is 1790. The molecule has 45 heavy (non-hydrogen) atoms. The van der Waals surface area contributed by atoms with Crippen molar-refractivity contribution < 1.29 is 41.0 Å². The van der Waals surface area contributed by atoms with Crippen molar-refractivity contribution in [3.05, 3.63) is 89.5 Å². The van der Waals surface area contributed by atoms with Gasteiger partial charge in [-0.3, -0.25) is 9.59 Å². The Balaban J connectivity index is 1.35. The molecule has 2 heterocycles. The van der Waals surface area contributed by atoms with Gasteiger partial charge in [-0.1, -0.05) is 42.5 Å². The fraction of sp³-hybridized carbons (Fsp3) is 0.258. The van der Waals surface area contributed by atoms with Gasteiger partial charge in [0.05, 0.1) is 28.9 Å². The summed E-state index contributed by atoms with van der Waals surface area (Å²) in [4.78, 5) is 31.9. The zero-order valence-electron chi connectivity index (χ0n) is 23.9. The van der Waals surface area contributed by atoms with Crippen LogP contribution in [0.2, 0.25) is 0 Å². The third-order valence-corrected chi connectivity index (χ3v) is 9.93. The molecule has 0 radical (unpaired) electrons. The molecule has 0 spiro atoms. The van der Waals surface area contributed by atoms with Crippen LogP contribution in [-0.4, -0.2) is 49.2 Å². The molecule has 0 aliphatic carbocycles. The molecule has 1 aliphatic rings. The average molecular weight is 660 g/mol. The summed E-state index contributed by atoms with van der Waals surface area (Å²) < 4.78 is 68.8. The lowest BCUT2D eigenvalue weighted by Gasteiger charge is -2.17. The van der Waals surface area contributed by atoms with Crippen LogP contribution < -0.4 is 15.0 Å². The number of hydrogen-bond acceptors (Lipinski definition) is 8. The molecule has 1 saturated heterocycles. The first-order valence-corrected chi connectivity index (χ1v) is 16.4. The largest absolute Gasteiger partial charge is 0.431 e. The number of aromatic nitrogens is 1. The summed E-state index contributed by atoms with van der Waals surface area (Å²) in [6.45, 7) is 1.60. The number of rotatable bonds is 10. The van der Waals surface area contributed by atoms with Gasteiger partial charge in [-0.2, -0.15) is 13.2 Å². The fourth-order valence-corrected chi connectivity index (χ4v) is 6.60. The number of hydrogen-bond donors (Lipinski definition) is 2. The second kappa shape index (κ2) is 13.0. The van der Waals surface area contributed by atoms with E-state index < -0.39 is 40.1 Å². The van der Waals surface area contributed by atoms with Crippen molar-refractivity contribution in [1.82, 2.24) is 10.3 Å². The van der Waals surface area contributed by atoms with Gasteiger partial charge in [0.1, 0.15) is 16.4 Å². The zero-order valence-corrected chi connectivity index (χ0v) is 25.5. The van der Waals surface area contributed by atoms with Gasteiger partial charge in [0, 0.05) is 24.1 Å². The van der Waals surface area contributed by atoms with Crippen LogP contribution in [0.4, 0.5) is 18.2 Å². The molecule has 236 valence electrons. The number of amides is 2. The number of nitrogens with zero attached hydrogens (tertiary/aromatic N) is 2. The van der Waals surface area contributed by atoms with Gasteiger partial charge in [0.25, 0.3) is 11.1 Å². The van der Waals surface area contributed by atoms with Crippen molar-refractivity contribution >= 4 is 38.0 Å². The number of halogens is 3. The SMILES string of the molecule is CCS(=O)(=O)c1ccc([C@H](CO)NC(=O)c2ccc(-c3nc(Oc4ccc(C(F)(F)F)cc4)sc3N3CCCC3=O)cc2)cc1. The van der Waals surface area contributed by atoms with E-state index in [2.05, 4.69) is 10.3 Å². The topological polar surface area (TPSA) is 126 Å². The third kappa shape index (κ3) is 7.18. The van der Waals surface area contributed by atoms with Crippen molar-refractivity contribution in [3.8, 4) is 22.2 Å². The van der Waals surface area contributed by atoms with E-state index in [0.29, 0.717) is 41.2 Å². The molecular formula is C31H28F3N3O6S2. The van der Waals surface area contributed by atoms with Crippen LogP contribution in [0, 0.1) is 0 Å². The fourth-order valence-electron chi connectivity index (χ4n) is 4.71. The Morgan fingerprint density at radius 1 is 1.07 bits per heavy atom. The van der Waals surface area contributed by atoms with E-state index in [-0.39, 0.29) is 33.1 Å². The van der Waals surface area contributed by atoms with Gasteiger partial charge in [0.15, 0.2) is 9.84 Å². The number of thiazole rings is 1. The van der Waals surface area contributed by atoms with Crippen LogP contribution in [0.25, 0.3) is 11.3 Å². The summed E-state index contributed by atoms with van der Waals surface area (Å²) in [5.41, 5.74) is 0.983. The molecule has 1 atom stereocenters. The molecule has 2 N–H and O–H groups in total. The molecule has 1 aromatic heterocycles. The van der Waals surface area contributed by atoms with Crippen LogP contribution in [0.3, 0.4) is 0 Å². The number of alkyl halides is 3. The number of anilines is 1. The van der Waals surface area contributed by atoms with E-state index in [0.717, 1.165) is 23.5 Å². The van der Waals surface area contributed by atoms with Gasteiger partial charge in [-0.15, -0.1) is 0 Å². The minimum Gasteiger partial charge on any atom is -0.431 e. The van der Waals surface area contributed by atoms with E-state index in [1.165, 1.54) is 24.3 Å². The average Bonchev–Trinajstić information content (AvgIpc) is 3.65. The Hall–Kier alpha value is -4.27. The maximum absolute atomic E-state index is 13.0. The van der Waals surface area contributed by atoms with Crippen molar-refractivity contribution in [2.45, 2.75) is 36.9 Å². The standard InChI is InChI=1S/C31H28F3N3O6S2/c1-2-45(41,42)24-15-9-19(10-16-24)25(18-38)35-28(40)21-7-5-20(6-8-21)27-29(37-17-3-4-26(37)39)44-30(36-27)43-23-13-11-22(12-14-23)31(32,33)34/h5-16,25,38H,2-4,17-18H2,1H3,(H,35,40)/t25-/m0/s1. The highest BCUT2D eigenvalue weighted by atomic mass is 32.2. The minimum atomic E-state index is -4.48.